The Balaban J connectivity index is 2.98. The van der Waals surface area contributed by atoms with Gasteiger partial charge in [-0.05, 0) is 24.1 Å². The van der Waals surface area contributed by atoms with Crippen LogP contribution in [0.25, 0.3) is 0 Å². The number of carbonyl (C=O) groups is 2. The van der Waals surface area contributed by atoms with Crippen molar-refractivity contribution < 1.29 is 23.8 Å². The van der Waals surface area contributed by atoms with Gasteiger partial charge in [0.05, 0.1) is 7.11 Å². The van der Waals surface area contributed by atoms with Crippen molar-refractivity contribution in [2.45, 2.75) is 46.1 Å². The molecule has 0 radical (unpaired) electrons. The predicted molar refractivity (Wildman–Crippen MR) is 78.3 cm³/mol. The van der Waals surface area contributed by atoms with Gasteiger partial charge in [-0.1, -0.05) is 26.8 Å². The van der Waals surface area contributed by atoms with E-state index in [0.29, 0.717) is 24.3 Å². The molecule has 0 saturated carbocycles. The van der Waals surface area contributed by atoms with Gasteiger partial charge in [0.1, 0.15) is 6.10 Å². The Morgan fingerprint density at radius 1 is 1.05 bits per heavy atom. The molecule has 1 rings (SSSR count). The van der Waals surface area contributed by atoms with Crippen LogP contribution in [-0.2, 0) is 14.3 Å². The molecule has 0 aliphatic heterocycles. The van der Waals surface area contributed by atoms with Gasteiger partial charge in [-0.15, -0.1) is 0 Å². The molecule has 5 nitrogen and oxygen atoms in total. The molecule has 0 saturated heterocycles. The molecule has 1 aromatic carbocycles. The van der Waals surface area contributed by atoms with Crippen LogP contribution in [-0.4, -0.2) is 19.0 Å². The number of esters is 2. The molecule has 5 heteroatoms. The molecule has 0 unspecified atom stereocenters. The third kappa shape index (κ3) is 4.77. The molecule has 0 aliphatic carbocycles. The maximum atomic E-state index is 11.4. The van der Waals surface area contributed by atoms with Crippen LogP contribution in [0.3, 0.4) is 0 Å². The molecule has 0 heterocycles. The molecule has 0 aliphatic rings. The summed E-state index contributed by atoms with van der Waals surface area (Å²) in [6.07, 6.45) is 0.946. The SMILES string of the molecule is CCC(=O)Oc1ccc([C@@H](CC)OC(=O)CC)cc1OC. The van der Waals surface area contributed by atoms with Crippen LogP contribution in [0, 0.1) is 0 Å². The van der Waals surface area contributed by atoms with E-state index in [-0.39, 0.29) is 24.5 Å². The van der Waals surface area contributed by atoms with Gasteiger partial charge in [-0.2, -0.15) is 0 Å². The van der Waals surface area contributed by atoms with Crippen LogP contribution in [0.15, 0.2) is 18.2 Å². The second-order valence-corrected chi connectivity index (χ2v) is 4.48. The number of ether oxygens (including phenoxy) is 3. The largest absolute Gasteiger partial charge is 0.493 e. The predicted octanol–water partition coefficient (Wildman–Crippen LogP) is 3.41. The minimum Gasteiger partial charge on any atom is -0.493 e. The molecule has 0 aromatic heterocycles. The van der Waals surface area contributed by atoms with Crippen molar-refractivity contribution in [1.29, 1.82) is 0 Å². The summed E-state index contributed by atoms with van der Waals surface area (Å²) in [5.74, 6) is 0.234. The van der Waals surface area contributed by atoms with Crippen molar-refractivity contribution in [2.24, 2.45) is 0 Å². The number of rotatable bonds is 7. The van der Waals surface area contributed by atoms with E-state index in [4.69, 9.17) is 14.2 Å². The maximum Gasteiger partial charge on any atom is 0.311 e. The van der Waals surface area contributed by atoms with Gasteiger partial charge in [0.15, 0.2) is 11.5 Å². The summed E-state index contributed by atoms with van der Waals surface area (Å²) in [6.45, 7) is 5.41. The highest BCUT2D eigenvalue weighted by molar-refractivity contribution is 5.73. The van der Waals surface area contributed by atoms with Gasteiger partial charge in [0.2, 0.25) is 0 Å². The third-order valence-corrected chi connectivity index (χ3v) is 3.01. The van der Waals surface area contributed by atoms with Crippen LogP contribution in [0.1, 0.15) is 51.7 Å². The lowest BCUT2D eigenvalue weighted by Gasteiger charge is -2.18. The molecule has 1 atom stereocenters. The maximum absolute atomic E-state index is 11.4. The number of hydrogen-bond acceptors (Lipinski definition) is 5. The molecule has 0 bridgehead atoms. The summed E-state index contributed by atoms with van der Waals surface area (Å²) in [4.78, 5) is 22.8. The third-order valence-electron chi connectivity index (χ3n) is 3.01. The average Bonchev–Trinajstić information content (AvgIpc) is 2.52. The Bertz CT molecular complexity index is 495. The van der Waals surface area contributed by atoms with Crippen molar-refractivity contribution in [3.8, 4) is 11.5 Å². The number of methoxy groups -OCH3 is 1. The quantitative estimate of drug-likeness (QED) is 0.569. The van der Waals surface area contributed by atoms with Crippen LogP contribution < -0.4 is 9.47 Å². The Kier molecular flexibility index (Phi) is 6.72. The molecule has 0 N–H and O–H groups in total. The van der Waals surface area contributed by atoms with Crippen molar-refractivity contribution >= 4 is 11.9 Å². The zero-order chi connectivity index (χ0) is 15.8. The van der Waals surface area contributed by atoms with E-state index < -0.39 is 0 Å². The fraction of sp³-hybridized carbons (Fsp3) is 0.500. The molecule has 116 valence electrons. The molecule has 21 heavy (non-hydrogen) atoms. The van der Waals surface area contributed by atoms with Gasteiger partial charge in [0, 0.05) is 12.8 Å². The van der Waals surface area contributed by atoms with E-state index in [1.165, 1.54) is 7.11 Å². The van der Waals surface area contributed by atoms with Crippen LogP contribution in [0.4, 0.5) is 0 Å². The van der Waals surface area contributed by atoms with Crippen molar-refractivity contribution in [1.82, 2.24) is 0 Å². The summed E-state index contributed by atoms with van der Waals surface area (Å²) in [5.41, 5.74) is 0.812. The first-order chi connectivity index (χ1) is 10.0. The first kappa shape index (κ1) is 17.0. The van der Waals surface area contributed by atoms with Crippen molar-refractivity contribution in [2.75, 3.05) is 7.11 Å². The van der Waals surface area contributed by atoms with E-state index in [2.05, 4.69) is 0 Å². The summed E-state index contributed by atoms with van der Waals surface area (Å²) in [5, 5.41) is 0. The molecular formula is C16H22O5. The van der Waals surface area contributed by atoms with Crippen molar-refractivity contribution in [3.05, 3.63) is 23.8 Å². The summed E-state index contributed by atoms with van der Waals surface area (Å²) in [7, 11) is 1.50. The van der Waals surface area contributed by atoms with Gasteiger partial charge in [-0.25, -0.2) is 0 Å². The minimum absolute atomic E-state index is 0.248. The minimum atomic E-state index is -0.331. The van der Waals surface area contributed by atoms with Gasteiger partial charge >= 0.3 is 11.9 Å². The van der Waals surface area contributed by atoms with Crippen molar-refractivity contribution in [3.63, 3.8) is 0 Å². The zero-order valence-electron chi connectivity index (χ0n) is 13.0. The average molecular weight is 294 g/mol. The van der Waals surface area contributed by atoms with E-state index in [1.54, 1.807) is 32.0 Å². The molecule has 0 fully saturated rings. The summed E-state index contributed by atoms with van der Waals surface area (Å²) in [6, 6.07) is 5.16. The Labute approximate surface area is 125 Å². The van der Waals surface area contributed by atoms with Crippen LogP contribution in [0.5, 0.6) is 11.5 Å². The molecule has 0 amide bonds. The Morgan fingerprint density at radius 3 is 2.24 bits per heavy atom. The lowest BCUT2D eigenvalue weighted by atomic mass is 10.1. The molecule has 0 spiro atoms. The number of carbonyl (C=O) groups excluding carboxylic acids is 2. The lowest BCUT2D eigenvalue weighted by Crippen LogP contribution is -2.11. The second-order valence-electron chi connectivity index (χ2n) is 4.48. The van der Waals surface area contributed by atoms with Crippen LogP contribution >= 0.6 is 0 Å². The van der Waals surface area contributed by atoms with Gasteiger partial charge in [0.25, 0.3) is 0 Å². The van der Waals surface area contributed by atoms with E-state index in [9.17, 15) is 9.59 Å². The molecular weight excluding hydrogens is 272 g/mol. The summed E-state index contributed by atoms with van der Waals surface area (Å²) < 4.78 is 15.8. The lowest BCUT2D eigenvalue weighted by molar-refractivity contribution is -0.149. The smallest absolute Gasteiger partial charge is 0.311 e. The normalized spacial score (nSPS) is 11.6. The highest BCUT2D eigenvalue weighted by atomic mass is 16.6. The van der Waals surface area contributed by atoms with E-state index >= 15 is 0 Å². The fourth-order valence-electron chi connectivity index (χ4n) is 1.79. The zero-order valence-corrected chi connectivity index (χ0v) is 13.0. The standard InChI is InChI=1S/C16H22O5/c1-5-12(20-15(17)6-2)11-8-9-13(14(10-11)19-4)21-16(18)7-3/h8-10,12H,5-7H2,1-4H3/t12-/m1/s1. The highest BCUT2D eigenvalue weighted by Gasteiger charge is 2.17. The Morgan fingerprint density at radius 2 is 1.71 bits per heavy atom. The number of hydrogen-bond donors (Lipinski definition) is 0. The fourth-order valence-corrected chi connectivity index (χ4v) is 1.79. The van der Waals surface area contributed by atoms with Gasteiger partial charge < -0.3 is 14.2 Å². The monoisotopic (exact) mass is 294 g/mol. The van der Waals surface area contributed by atoms with E-state index in [1.807, 2.05) is 6.92 Å². The first-order valence-corrected chi connectivity index (χ1v) is 7.13. The number of benzene rings is 1. The van der Waals surface area contributed by atoms with Crippen LogP contribution in [0.2, 0.25) is 0 Å². The van der Waals surface area contributed by atoms with Gasteiger partial charge in [-0.3, -0.25) is 9.59 Å². The first-order valence-electron chi connectivity index (χ1n) is 7.13. The highest BCUT2D eigenvalue weighted by Crippen LogP contribution is 2.32. The molecule has 1 aromatic rings. The van der Waals surface area contributed by atoms with E-state index in [0.717, 1.165) is 5.56 Å². The second kappa shape index (κ2) is 8.29. The Hall–Kier alpha value is -2.04. The summed E-state index contributed by atoms with van der Waals surface area (Å²) >= 11 is 0. The topological polar surface area (TPSA) is 61.8 Å².